The molecule has 2 heteroatoms. The summed E-state index contributed by atoms with van der Waals surface area (Å²) in [6.45, 7) is 4.30. The fourth-order valence-corrected chi connectivity index (χ4v) is 2.82. The van der Waals surface area contributed by atoms with Crippen molar-refractivity contribution in [3.63, 3.8) is 0 Å². The van der Waals surface area contributed by atoms with E-state index in [1.54, 1.807) is 0 Å². The van der Waals surface area contributed by atoms with Gasteiger partial charge in [-0.15, -0.1) is 0 Å². The van der Waals surface area contributed by atoms with Crippen LogP contribution in [-0.2, 0) is 4.79 Å². The van der Waals surface area contributed by atoms with Crippen molar-refractivity contribution in [2.45, 2.75) is 39.2 Å². The minimum absolute atomic E-state index is 0.00801. The number of rotatable bonds is 0. The molecule has 0 radical (unpaired) electrons. The van der Waals surface area contributed by atoms with Gasteiger partial charge in [0.15, 0.2) is 0 Å². The molecule has 1 saturated carbocycles. The van der Waals surface area contributed by atoms with Crippen LogP contribution in [0.3, 0.4) is 0 Å². The van der Waals surface area contributed by atoms with E-state index in [9.17, 15) is 4.79 Å². The molecule has 1 aliphatic carbocycles. The highest BCUT2D eigenvalue weighted by molar-refractivity contribution is 5.83. The van der Waals surface area contributed by atoms with Crippen LogP contribution in [-0.4, -0.2) is 23.9 Å². The summed E-state index contributed by atoms with van der Waals surface area (Å²) in [7, 11) is 1.95. The van der Waals surface area contributed by atoms with Gasteiger partial charge in [-0.1, -0.05) is 6.92 Å². The molecule has 1 aliphatic heterocycles. The lowest BCUT2D eigenvalue weighted by Crippen LogP contribution is -2.49. The maximum atomic E-state index is 11.8. The van der Waals surface area contributed by atoms with Gasteiger partial charge >= 0.3 is 0 Å². The van der Waals surface area contributed by atoms with E-state index >= 15 is 0 Å². The zero-order valence-electron chi connectivity index (χ0n) is 8.13. The van der Waals surface area contributed by atoms with Crippen molar-refractivity contribution in [3.8, 4) is 0 Å². The topological polar surface area (TPSA) is 20.3 Å². The van der Waals surface area contributed by atoms with Crippen molar-refractivity contribution in [2.24, 2.45) is 11.3 Å². The number of amides is 1. The highest BCUT2D eigenvalue weighted by atomic mass is 16.2. The Balaban J connectivity index is 2.32. The van der Waals surface area contributed by atoms with E-state index in [1.165, 1.54) is 6.42 Å². The molecule has 0 aromatic heterocycles. The third-order valence-corrected chi connectivity index (χ3v) is 3.91. The standard InChI is InChI=1S/C10H17NO/c1-7-8-4-5-10(2,6-8)9(12)11(7)3/h7-8H,4-6H2,1-3H3/t7?,8?,10-/m0/s1. The number of likely N-dealkylation sites (tertiary alicyclic amines) is 1. The molecule has 1 saturated heterocycles. The van der Waals surface area contributed by atoms with Crippen LogP contribution in [0.5, 0.6) is 0 Å². The average Bonchev–Trinajstić information content (AvgIpc) is 2.41. The van der Waals surface area contributed by atoms with Gasteiger partial charge in [0.05, 0.1) is 0 Å². The maximum Gasteiger partial charge on any atom is 0.228 e. The minimum Gasteiger partial charge on any atom is -0.342 e. The Morgan fingerprint density at radius 1 is 1.58 bits per heavy atom. The Bertz CT molecular complexity index is 226. The largest absolute Gasteiger partial charge is 0.342 e. The number of piperidine rings is 1. The summed E-state index contributed by atoms with van der Waals surface area (Å²) in [4.78, 5) is 13.8. The first-order valence-corrected chi connectivity index (χ1v) is 4.82. The van der Waals surface area contributed by atoms with Crippen molar-refractivity contribution in [2.75, 3.05) is 7.05 Å². The fourth-order valence-electron chi connectivity index (χ4n) is 2.82. The van der Waals surface area contributed by atoms with Gasteiger partial charge in [0.2, 0.25) is 5.91 Å². The van der Waals surface area contributed by atoms with Gasteiger partial charge in [-0.2, -0.15) is 0 Å². The van der Waals surface area contributed by atoms with Gasteiger partial charge in [0, 0.05) is 18.5 Å². The number of carbonyl (C=O) groups is 1. The van der Waals surface area contributed by atoms with E-state index in [1.807, 2.05) is 11.9 Å². The highest BCUT2D eigenvalue weighted by Crippen LogP contribution is 2.48. The molecule has 0 aromatic carbocycles. The number of nitrogens with zero attached hydrogens (tertiary/aromatic N) is 1. The first kappa shape index (κ1) is 8.09. The lowest BCUT2D eigenvalue weighted by atomic mass is 9.81. The molecule has 3 atom stereocenters. The van der Waals surface area contributed by atoms with Gasteiger partial charge in [-0.25, -0.2) is 0 Å². The molecular formula is C10H17NO. The monoisotopic (exact) mass is 167 g/mol. The van der Waals surface area contributed by atoms with E-state index < -0.39 is 0 Å². The molecule has 2 unspecified atom stereocenters. The molecule has 2 fully saturated rings. The Morgan fingerprint density at radius 3 is 2.92 bits per heavy atom. The van der Waals surface area contributed by atoms with Crippen LogP contribution in [0.25, 0.3) is 0 Å². The molecule has 1 heterocycles. The normalized spacial score (nSPS) is 46.9. The Hall–Kier alpha value is -0.530. The summed E-state index contributed by atoms with van der Waals surface area (Å²) in [6.07, 6.45) is 3.47. The smallest absolute Gasteiger partial charge is 0.228 e. The van der Waals surface area contributed by atoms with Crippen molar-refractivity contribution in [1.29, 1.82) is 0 Å². The third kappa shape index (κ3) is 0.838. The lowest BCUT2D eigenvalue weighted by molar-refractivity contribution is -0.145. The van der Waals surface area contributed by atoms with Crippen molar-refractivity contribution >= 4 is 5.91 Å². The van der Waals surface area contributed by atoms with Gasteiger partial charge in [0.1, 0.15) is 0 Å². The second-order valence-electron chi connectivity index (χ2n) is 4.72. The van der Waals surface area contributed by atoms with E-state index in [0.29, 0.717) is 11.9 Å². The summed E-state index contributed by atoms with van der Waals surface area (Å²) >= 11 is 0. The predicted molar refractivity (Wildman–Crippen MR) is 47.7 cm³/mol. The molecule has 0 N–H and O–H groups in total. The molecule has 12 heavy (non-hydrogen) atoms. The van der Waals surface area contributed by atoms with Crippen molar-refractivity contribution in [1.82, 2.24) is 4.90 Å². The molecule has 0 aromatic rings. The summed E-state index contributed by atoms with van der Waals surface area (Å²) in [6, 6.07) is 0.466. The van der Waals surface area contributed by atoms with Crippen LogP contribution in [0.1, 0.15) is 33.1 Å². The van der Waals surface area contributed by atoms with Crippen LogP contribution >= 0.6 is 0 Å². The van der Waals surface area contributed by atoms with Crippen molar-refractivity contribution < 1.29 is 4.79 Å². The molecule has 2 bridgehead atoms. The number of hydrogen-bond acceptors (Lipinski definition) is 1. The zero-order chi connectivity index (χ0) is 8.93. The second kappa shape index (κ2) is 2.24. The van der Waals surface area contributed by atoms with E-state index in [0.717, 1.165) is 18.8 Å². The van der Waals surface area contributed by atoms with Gasteiger partial charge in [0.25, 0.3) is 0 Å². The SMILES string of the molecule is CC1C2CC[C@@](C)(C2)C(=O)N1C. The summed E-state index contributed by atoms with van der Waals surface area (Å²) in [5.41, 5.74) is -0.00801. The quantitative estimate of drug-likeness (QED) is 0.537. The van der Waals surface area contributed by atoms with Gasteiger partial charge in [-0.3, -0.25) is 4.79 Å². The Morgan fingerprint density at radius 2 is 2.25 bits per heavy atom. The number of hydrogen-bond donors (Lipinski definition) is 0. The number of fused-ring (bicyclic) bond motifs is 2. The predicted octanol–water partition coefficient (Wildman–Crippen LogP) is 1.65. The van der Waals surface area contributed by atoms with Gasteiger partial charge < -0.3 is 4.90 Å². The van der Waals surface area contributed by atoms with Crippen LogP contribution in [0, 0.1) is 11.3 Å². The third-order valence-electron chi connectivity index (χ3n) is 3.91. The second-order valence-corrected chi connectivity index (χ2v) is 4.72. The molecule has 0 spiro atoms. The summed E-state index contributed by atoms with van der Waals surface area (Å²) in [5, 5.41) is 0. The molecule has 2 rings (SSSR count). The summed E-state index contributed by atoms with van der Waals surface area (Å²) < 4.78 is 0. The minimum atomic E-state index is -0.00801. The van der Waals surface area contributed by atoms with Crippen LogP contribution in [0.15, 0.2) is 0 Å². The van der Waals surface area contributed by atoms with Crippen LogP contribution in [0.4, 0.5) is 0 Å². The molecular weight excluding hydrogens is 150 g/mol. The average molecular weight is 167 g/mol. The van der Waals surface area contributed by atoms with Crippen molar-refractivity contribution in [3.05, 3.63) is 0 Å². The highest BCUT2D eigenvalue weighted by Gasteiger charge is 2.50. The first-order valence-electron chi connectivity index (χ1n) is 4.82. The molecule has 1 amide bonds. The lowest BCUT2D eigenvalue weighted by Gasteiger charge is -2.39. The first-order chi connectivity index (χ1) is 5.54. The maximum absolute atomic E-state index is 11.8. The summed E-state index contributed by atoms with van der Waals surface area (Å²) in [5.74, 6) is 1.13. The fraction of sp³-hybridized carbons (Fsp3) is 0.900. The van der Waals surface area contributed by atoms with Crippen LogP contribution in [0.2, 0.25) is 0 Å². The Kier molecular flexibility index (Phi) is 1.51. The van der Waals surface area contributed by atoms with Gasteiger partial charge in [-0.05, 0) is 32.1 Å². The van der Waals surface area contributed by atoms with E-state index in [-0.39, 0.29) is 5.41 Å². The molecule has 2 nitrogen and oxygen atoms in total. The number of carbonyl (C=O) groups excluding carboxylic acids is 1. The molecule has 68 valence electrons. The van der Waals surface area contributed by atoms with Crippen LogP contribution < -0.4 is 0 Å². The van der Waals surface area contributed by atoms with E-state index in [4.69, 9.17) is 0 Å². The molecule has 2 aliphatic rings. The van der Waals surface area contributed by atoms with E-state index in [2.05, 4.69) is 13.8 Å². The zero-order valence-corrected chi connectivity index (χ0v) is 8.13. The Labute approximate surface area is 73.9 Å².